The topological polar surface area (TPSA) is 9.72 Å². The van der Waals surface area contributed by atoms with E-state index < -0.39 is 0 Å². The molecule has 0 unspecified atom stereocenters. The molecule has 0 fully saturated rings. The Bertz CT molecular complexity index is 217. The molecule has 0 rings (SSSR count). The maximum Gasteiger partial charge on any atom is 0.0107 e. The second-order valence-corrected chi connectivity index (χ2v) is 7.98. The van der Waals surface area contributed by atoms with Crippen LogP contribution < -0.4 is 0 Å². The molecule has 0 radical (unpaired) electrons. The lowest BCUT2D eigenvalue weighted by Crippen LogP contribution is -2.36. The van der Waals surface area contributed by atoms with Crippen LogP contribution in [0.15, 0.2) is 0 Å². The van der Waals surface area contributed by atoms with Crippen LogP contribution in [0.4, 0.5) is 0 Å². The summed E-state index contributed by atoms with van der Waals surface area (Å²) in [4.78, 5) is 7.42. The van der Waals surface area contributed by atoms with E-state index in [1.54, 1.807) is 0 Å². The molecule has 134 valence electrons. The van der Waals surface area contributed by atoms with Crippen molar-refractivity contribution in [3.63, 3.8) is 0 Å². The summed E-state index contributed by atoms with van der Waals surface area (Å²) in [5.74, 6) is 1.67. The second-order valence-electron chi connectivity index (χ2n) is 7.98. The normalized spacial score (nSPS) is 12.5. The van der Waals surface area contributed by atoms with Gasteiger partial charge in [-0.25, -0.2) is 0 Å². The highest BCUT2D eigenvalue weighted by Gasteiger charge is 2.05. The first kappa shape index (κ1) is 21.9. The van der Waals surface area contributed by atoms with Crippen molar-refractivity contribution >= 4 is 0 Å². The molecule has 0 aromatic carbocycles. The standard InChI is InChI=1S/C19H43N3/c1-18(2)10-8-12-20(5)14-16-22(7)17-15-21(6)13-9-11-19(3)4/h18-19H,8-17H2,1-7H3. The molecule has 3 nitrogen and oxygen atoms in total. The predicted octanol–water partition coefficient (Wildman–Crippen LogP) is 3.65. The van der Waals surface area contributed by atoms with Crippen molar-refractivity contribution < 1.29 is 0 Å². The zero-order valence-corrected chi connectivity index (χ0v) is 16.6. The Morgan fingerprint density at radius 3 is 1.05 bits per heavy atom. The lowest BCUT2D eigenvalue weighted by Gasteiger charge is -2.24. The highest BCUT2D eigenvalue weighted by atomic mass is 15.2. The molecule has 0 aromatic heterocycles. The lowest BCUT2D eigenvalue weighted by molar-refractivity contribution is 0.221. The van der Waals surface area contributed by atoms with Gasteiger partial charge in [-0.05, 0) is 71.8 Å². The molecule has 0 amide bonds. The predicted molar refractivity (Wildman–Crippen MR) is 101 cm³/mol. The largest absolute Gasteiger partial charge is 0.305 e. The summed E-state index contributed by atoms with van der Waals surface area (Å²) in [6, 6.07) is 0. The third-order valence-electron chi connectivity index (χ3n) is 4.37. The first-order valence-electron chi connectivity index (χ1n) is 9.36. The maximum atomic E-state index is 2.48. The smallest absolute Gasteiger partial charge is 0.0107 e. The summed E-state index contributed by atoms with van der Waals surface area (Å²) < 4.78 is 0. The van der Waals surface area contributed by atoms with Crippen LogP contribution in [0, 0.1) is 11.8 Å². The molecule has 22 heavy (non-hydrogen) atoms. The van der Waals surface area contributed by atoms with Gasteiger partial charge in [0.25, 0.3) is 0 Å². The molecule has 3 heteroatoms. The number of hydrogen-bond acceptors (Lipinski definition) is 3. The molecule has 0 bridgehead atoms. The SMILES string of the molecule is CC(C)CCCN(C)CCN(C)CCN(C)CCCC(C)C. The van der Waals surface area contributed by atoms with Gasteiger partial charge in [-0.1, -0.05) is 27.7 Å². The Morgan fingerprint density at radius 1 is 0.500 bits per heavy atom. The van der Waals surface area contributed by atoms with Crippen LogP contribution in [-0.2, 0) is 0 Å². The Balaban J connectivity index is 3.57. The minimum absolute atomic E-state index is 0.835. The Labute approximate surface area is 141 Å². The summed E-state index contributed by atoms with van der Waals surface area (Å²) in [6.07, 6.45) is 5.36. The van der Waals surface area contributed by atoms with Crippen LogP contribution in [0.25, 0.3) is 0 Å². The first-order chi connectivity index (χ1) is 10.3. The maximum absolute atomic E-state index is 2.48. The van der Waals surface area contributed by atoms with Crippen molar-refractivity contribution in [1.82, 2.24) is 14.7 Å². The summed E-state index contributed by atoms with van der Waals surface area (Å²) >= 11 is 0. The zero-order valence-electron chi connectivity index (χ0n) is 16.6. The number of rotatable bonds is 14. The van der Waals surface area contributed by atoms with Gasteiger partial charge in [-0.15, -0.1) is 0 Å². The molecule has 0 saturated carbocycles. The van der Waals surface area contributed by atoms with E-state index in [1.807, 2.05) is 0 Å². The van der Waals surface area contributed by atoms with E-state index in [0.717, 1.165) is 11.8 Å². The number of likely N-dealkylation sites (N-methyl/N-ethyl adjacent to an activating group) is 3. The van der Waals surface area contributed by atoms with Crippen LogP contribution in [0.5, 0.6) is 0 Å². The summed E-state index contributed by atoms with van der Waals surface area (Å²) in [7, 11) is 6.77. The minimum Gasteiger partial charge on any atom is -0.305 e. The van der Waals surface area contributed by atoms with Crippen molar-refractivity contribution in [1.29, 1.82) is 0 Å². The van der Waals surface area contributed by atoms with Crippen molar-refractivity contribution in [2.75, 3.05) is 60.4 Å². The fourth-order valence-electron chi connectivity index (χ4n) is 2.56. The fraction of sp³-hybridized carbons (Fsp3) is 1.00. The Kier molecular flexibility index (Phi) is 13.3. The van der Waals surface area contributed by atoms with E-state index in [9.17, 15) is 0 Å². The van der Waals surface area contributed by atoms with E-state index in [1.165, 1.54) is 65.0 Å². The minimum atomic E-state index is 0.835. The van der Waals surface area contributed by atoms with Gasteiger partial charge in [0.15, 0.2) is 0 Å². The van der Waals surface area contributed by atoms with E-state index >= 15 is 0 Å². The zero-order chi connectivity index (χ0) is 17.0. The van der Waals surface area contributed by atoms with Gasteiger partial charge in [-0.2, -0.15) is 0 Å². The summed E-state index contributed by atoms with van der Waals surface area (Å²) in [5, 5.41) is 0. The van der Waals surface area contributed by atoms with Gasteiger partial charge in [-0.3, -0.25) is 0 Å². The highest BCUT2D eigenvalue weighted by Crippen LogP contribution is 2.05. The molecule has 0 atom stereocenters. The van der Waals surface area contributed by atoms with Gasteiger partial charge in [0, 0.05) is 26.2 Å². The molecule has 0 aromatic rings. The third kappa shape index (κ3) is 14.8. The monoisotopic (exact) mass is 313 g/mol. The Hall–Kier alpha value is -0.120. The van der Waals surface area contributed by atoms with Gasteiger partial charge in [0.2, 0.25) is 0 Å². The fourth-order valence-corrected chi connectivity index (χ4v) is 2.56. The molecule has 0 saturated heterocycles. The average molecular weight is 314 g/mol. The average Bonchev–Trinajstić information content (AvgIpc) is 2.42. The Morgan fingerprint density at radius 2 is 0.773 bits per heavy atom. The van der Waals surface area contributed by atoms with Crippen LogP contribution in [0.3, 0.4) is 0 Å². The molecule has 0 spiro atoms. The molecule has 0 aliphatic rings. The first-order valence-corrected chi connectivity index (χ1v) is 9.36. The van der Waals surface area contributed by atoms with E-state index in [4.69, 9.17) is 0 Å². The third-order valence-corrected chi connectivity index (χ3v) is 4.37. The summed E-state index contributed by atoms with van der Waals surface area (Å²) in [5.41, 5.74) is 0. The van der Waals surface area contributed by atoms with E-state index in [2.05, 4.69) is 63.5 Å². The number of hydrogen-bond donors (Lipinski definition) is 0. The molecular formula is C19H43N3. The van der Waals surface area contributed by atoms with Gasteiger partial charge >= 0.3 is 0 Å². The highest BCUT2D eigenvalue weighted by molar-refractivity contribution is 4.61. The van der Waals surface area contributed by atoms with Gasteiger partial charge < -0.3 is 14.7 Å². The van der Waals surface area contributed by atoms with Crippen LogP contribution in [0.2, 0.25) is 0 Å². The molecule has 0 aliphatic carbocycles. The van der Waals surface area contributed by atoms with Gasteiger partial charge in [0.05, 0.1) is 0 Å². The van der Waals surface area contributed by atoms with Crippen molar-refractivity contribution in [3.05, 3.63) is 0 Å². The van der Waals surface area contributed by atoms with Crippen molar-refractivity contribution in [2.45, 2.75) is 53.4 Å². The summed E-state index contributed by atoms with van der Waals surface area (Å²) in [6.45, 7) is 16.4. The molecular weight excluding hydrogens is 270 g/mol. The van der Waals surface area contributed by atoms with Gasteiger partial charge in [0.1, 0.15) is 0 Å². The van der Waals surface area contributed by atoms with Crippen LogP contribution >= 0.6 is 0 Å². The lowest BCUT2D eigenvalue weighted by atomic mass is 10.1. The molecule has 0 aliphatic heterocycles. The van der Waals surface area contributed by atoms with Crippen molar-refractivity contribution in [2.24, 2.45) is 11.8 Å². The molecule has 0 heterocycles. The van der Waals surface area contributed by atoms with Crippen LogP contribution in [-0.4, -0.2) is 75.1 Å². The number of nitrogens with zero attached hydrogens (tertiary/aromatic N) is 3. The van der Waals surface area contributed by atoms with Crippen molar-refractivity contribution in [3.8, 4) is 0 Å². The van der Waals surface area contributed by atoms with Crippen LogP contribution in [0.1, 0.15) is 53.4 Å². The molecule has 0 N–H and O–H groups in total. The quantitative estimate of drug-likeness (QED) is 0.484. The van der Waals surface area contributed by atoms with E-state index in [-0.39, 0.29) is 0 Å². The van der Waals surface area contributed by atoms with E-state index in [0.29, 0.717) is 0 Å². The second kappa shape index (κ2) is 13.3.